The highest BCUT2D eigenvalue weighted by Gasteiger charge is 2.61. The average Bonchev–Trinajstić information content (AvgIpc) is 3.53. The van der Waals surface area contributed by atoms with Crippen LogP contribution in [0.4, 0.5) is 0 Å². The van der Waals surface area contributed by atoms with E-state index in [2.05, 4.69) is 33.8 Å². The first-order valence-electron chi connectivity index (χ1n) is 14.4. The Morgan fingerprint density at radius 3 is 2.30 bits per heavy atom. The smallest absolute Gasteiger partial charge is 0.0833 e. The molecule has 33 heavy (non-hydrogen) atoms. The molecular formula is C30H49NO2. The molecule has 0 aromatic carbocycles. The standard InChI is InChI=1S/C30H49NO2/c1-5-30(33)17-14-27(3)21(18-30)7-8-22-24-10-9-23(28(24,4)13-12-25(22)27)20(2)6-11-26(32)29(19-31)15-16-29/h20-26,32-33H,5-18H2,1-4H3/t20-,21+,22+,23-,24+,25+,26+,27+,28-,30+/m1/s1. The molecule has 5 fully saturated rings. The van der Waals surface area contributed by atoms with Gasteiger partial charge in [-0.1, -0.05) is 27.7 Å². The van der Waals surface area contributed by atoms with Gasteiger partial charge in [-0.05, 0) is 136 Å². The van der Waals surface area contributed by atoms with Crippen molar-refractivity contribution in [3.8, 4) is 6.07 Å². The summed E-state index contributed by atoms with van der Waals surface area (Å²) in [6.45, 7) is 9.84. The van der Waals surface area contributed by atoms with Gasteiger partial charge in [-0.3, -0.25) is 0 Å². The Morgan fingerprint density at radius 1 is 0.909 bits per heavy atom. The number of aliphatic hydroxyl groups excluding tert-OH is 1. The van der Waals surface area contributed by atoms with Crippen LogP contribution in [0.25, 0.3) is 0 Å². The highest BCUT2D eigenvalue weighted by atomic mass is 16.3. The Hall–Kier alpha value is -0.590. The van der Waals surface area contributed by atoms with Gasteiger partial charge in [0.25, 0.3) is 0 Å². The number of nitriles is 1. The Balaban J connectivity index is 1.26. The van der Waals surface area contributed by atoms with Crippen LogP contribution in [-0.4, -0.2) is 21.9 Å². The number of rotatable bonds is 6. The maximum absolute atomic E-state index is 11.0. The number of fused-ring (bicyclic) bond motifs is 5. The fourth-order valence-corrected chi connectivity index (χ4v) is 10.2. The molecule has 0 saturated heterocycles. The van der Waals surface area contributed by atoms with Crippen LogP contribution in [0.5, 0.6) is 0 Å². The van der Waals surface area contributed by atoms with Crippen molar-refractivity contribution in [2.45, 2.75) is 129 Å². The van der Waals surface area contributed by atoms with Gasteiger partial charge in [-0.15, -0.1) is 0 Å². The maximum Gasteiger partial charge on any atom is 0.0833 e. The molecule has 5 aliphatic carbocycles. The zero-order valence-electron chi connectivity index (χ0n) is 21.8. The van der Waals surface area contributed by atoms with E-state index in [1.165, 1.54) is 44.9 Å². The summed E-state index contributed by atoms with van der Waals surface area (Å²) in [5.74, 6) is 4.74. The largest absolute Gasteiger partial charge is 0.391 e. The van der Waals surface area contributed by atoms with Crippen LogP contribution in [0, 0.1) is 63.1 Å². The van der Waals surface area contributed by atoms with Crippen LogP contribution in [0.3, 0.4) is 0 Å². The van der Waals surface area contributed by atoms with Crippen molar-refractivity contribution in [3.63, 3.8) is 0 Å². The van der Waals surface area contributed by atoms with Gasteiger partial charge in [0.1, 0.15) is 0 Å². The Labute approximate surface area is 202 Å². The lowest BCUT2D eigenvalue weighted by molar-refractivity contribution is -0.152. The lowest BCUT2D eigenvalue weighted by Gasteiger charge is -2.62. The van der Waals surface area contributed by atoms with Gasteiger partial charge in [-0.25, -0.2) is 0 Å². The first-order chi connectivity index (χ1) is 15.6. The highest BCUT2D eigenvalue weighted by Crippen LogP contribution is 2.69. The summed E-state index contributed by atoms with van der Waals surface area (Å²) in [5.41, 5.74) is 0.0938. The molecule has 0 heterocycles. The summed E-state index contributed by atoms with van der Waals surface area (Å²) in [6, 6.07) is 2.40. The summed E-state index contributed by atoms with van der Waals surface area (Å²) in [7, 11) is 0. The molecule has 5 aliphatic rings. The van der Waals surface area contributed by atoms with E-state index in [4.69, 9.17) is 0 Å². The van der Waals surface area contributed by atoms with Gasteiger partial charge in [0.15, 0.2) is 0 Å². The molecule has 10 atom stereocenters. The topological polar surface area (TPSA) is 64.2 Å². The minimum atomic E-state index is -0.422. The maximum atomic E-state index is 11.0. The lowest BCUT2D eigenvalue weighted by atomic mass is 9.43. The van der Waals surface area contributed by atoms with E-state index < -0.39 is 17.1 Å². The summed E-state index contributed by atoms with van der Waals surface area (Å²) in [6.07, 6.45) is 15.7. The monoisotopic (exact) mass is 455 g/mol. The van der Waals surface area contributed by atoms with Crippen LogP contribution in [0.15, 0.2) is 0 Å². The minimum Gasteiger partial charge on any atom is -0.391 e. The normalized spacial score (nSPS) is 49.8. The SMILES string of the molecule is CC[C@]1(O)CC[C@@]2(C)[C@@H](CC[C@@H]3[C@@H]2CC[C@]2(C)[C@@H]([C@H](C)CC[C@H](O)C4(C#N)CC4)CC[C@@H]32)C1. The fraction of sp³-hybridized carbons (Fsp3) is 0.967. The van der Waals surface area contributed by atoms with Crippen molar-refractivity contribution in [1.82, 2.24) is 0 Å². The Bertz CT molecular complexity index is 785. The van der Waals surface area contributed by atoms with E-state index in [9.17, 15) is 15.5 Å². The van der Waals surface area contributed by atoms with Crippen LogP contribution in [0.1, 0.15) is 118 Å². The van der Waals surface area contributed by atoms with Gasteiger partial charge in [0, 0.05) is 0 Å². The van der Waals surface area contributed by atoms with Crippen molar-refractivity contribution >= 4 is 0 Å². The molecule has 5 rings (SSSR count). The summed E-state index contributed by atoms with van der Waals surface area (Å²) in [4.78, 5) is 0. The van der Waals surface area contributed by atoms with Crippen LogP contribution in [-0.2, 0) is 0 Å². The average molecular weight is 456 g/mol. The van der Waals surface area contributed by atoms with Gasteiger partial charge >= 0.3 is 0 Å². The molecule has 5 saturated carbocycles. The van der Waals surface area contributed by atoms with E-state index in [1.807, 2.05) is 0 Å². The molecular weight excluding hydrogens is 406 g/mol. The zero-order valence-corrected chi connectivity index (χ0v) is 21.8. The van der Waals surface area contributed by atoms with Crippen LogP contribution in [0.2, 0.25) is 0 Å². The number of aliphatic hydroxyl groups is 2. The van der Waals surface area contributed by atoms with Crippen molar-refractivity contribution in [1.29, 1.82) is 5.26 Å². The van der Waals surface area contributed by atoms with Gasteiger partial charge in [0.2, 0.25) is 0 Å². The van der Waals surface area contributed by atoms with Crippen molar-refractivity contribution in [2.24, 2.45) is 51.8 Å². The van der Waals surface area contributed by atoms with Crippen LogP contribution < -0.4 is 0 Å². The van der Waals surface area contributed by atoms with Crippen molar-refractivity contribution in [3.05, 3.63) is 0 Å². The molecule has 0 aromatic heterocycles. The molecule has 3 nitrogen and oxygen atoms in total. The Kier molecular flexibility index (Phi) is 6.02. The van der Waals surface area contributed by atoms with E-state index in [0.29, 0.717) is 22.7 Å². The molecule has 0 aromatic rings. The fourth-order valence-electron chi connectivity index (χ4n) is 10.2. The molecule has 3 heteroatoms. The van der Waals surface area contributed by atoms with E-state index >= 15 is 0 Å². The number of hydrogen-bond donors (Lipinski definition) is 2. The third-order valence-electron chi connectivity index (χ3n) is 12.8. The van der Waals surface area contributed by atoms with E-state index in [0.717, 1.165) is 68.6 Å². The first-order valence-corrected chi connectivity index (χ1v) is 14.4. The first kappa shape index (κ1) is 24.1. The summed E-state index contributed by atoms with van der Waals surface area (Å²) < 4.78 is 0. The third kappa shape index (κ3) is 3.72. The molecule has 186 valence electrons. The van der Waals surface area contributed by atoms with E-state index in [1.54, 1.807) is 0 Å². The van der Waals surface area contributed by atoms with Crippen molar-refractivity contribution in [2.75, 3.05) is 0 Å². The highest BCUT2D eigenvalue weighted by molar-refractivity contribution is 5.14. The minimum absolute atomic E-state index is 0.400. The summed E-state index contributed by atoms with van der Waals surface area (Å²) >= 11 is 0. The molecule has 0 amide bonds. The van der Waals surface area contributed by atoms with Crippen molar-refractivity contribution < 1.29 is 10.2 Å². The molecule has 0 unspecified atom stereocenters. The second-order valence-corrected chi connectivity index (χ2v) is 14.0. The quantitative estimate of drug-likeness (QED) is 0.459. The zero-order chi connectivity index (χ0) is 23.6. The second-order valence-electron chi connectivity index (χ2n) is 14.0. The Morgan fingerprint density at radius 2 is 1.64 bits per heavy atom. The molecule has 0 bridgehead atoms. The molecule has 0 aliphatic heterocycles. The van der Waals surface area contributed by atoms with Gasteiger partial charge in [0.05, 0.1) is 23.2 Å². The predicted molar refractivity (Wildman–Crippen MR) is 132 cm³/mol. The molecule has 0 radical (unpaired) electrons. The lowest BCUT2D eigenvalue weighted by Crippen LogP contribution is -2.56. The van der Waals surface area contributed by atoms with Crippen LogP contribution >= 0.6 is 0 Å². The van der Waals surface area contributed by atoms with Gasteiger partial charge in [-0.2, -0.15) is 5.26 Å². The molecule has 0 spiro atoms. The summed E-state index contributed by atoms with van der Waals surface area (Å²) in [5, 5.41) is 31.1. The number of nitrogens with zero attached hydrogens (tertiary/aromatic N) is 1. The third-order valence-corrected chi connectivity index (χ3v) is 12.8. The van der Waals surface area contributed by atoms with E-state index in [-0.39, 0.29) is 0 Å². The predicted octanol–water partition coefficient (Wildman–Crippen LogP) is 6.87. The van der Waals surface area contributed by atoms with Gasteiger partial charge < -0.3 is 10.2 Å². The number of hydrogen-bond acceptors (Lipinski definition) is 3. The second kappa shape index (κ2) is 8.23. The molecule has 2 N–H and O–H groups in total.